The highest BCUT2D eigenvalue weighted by atomic mass is 32.2. The molecule has 2 aromatic carbocycles. The van der Waals surface area contributed by atoms with E-state index in [0.29, 0.717) is 5.56 Å². The summed E-state index contributed by atoms with van der Waals surface area (Å²) < 4.78 is 32.4. The Hall–Kier alpha value is -2.51. The number of esters is 1. The van der Waals surface area contributed by atoms with E-state index < -0.39 is 28.6 Å². The zero-order chi connectivity index (χ0) is 20.7. The quantitative estimate of drug-likeness (QED) is 0.514. The number of nitrogens with one attached hydrogen (secondary N) is 1. The number of rotatable bonds is 9. The Morgan fingerprint density at radius 3 is 2.14 bits per heavy atom. The van der Waals surface area contributed by atoms with E-state index >= 15 is 0 Å². The lowest BCUT2D eigenvalue weighted by molar-refractivity contribution is -0.145. The van der Waals surface area contributed by atoms with E-state index in [2.05, 4.69) is 4.72 Å². The highest BCUT2D eigenvalue weighted by Crippen LogP contribution is 2.13. The van der Waals surface area contributed by atoms with Crippen LogP contribution in [0.15, 0.2) is 59.5 Å². The molecule has 0 amide bonds. The van der Waals surface area contributed by atoms with Crippen LogP contribution >= 0.6 is 0 Å². The minimum atomic E-state index is -3.88. The van der Waals surface area contributed by atoms with E-state index in [1.165, 1.54) is 12.1 Å². The van der Waals surface area contributed by atoms with Gasteiger partial charge in [0.2, 0.25) is 10.0 Å². The molecule has 1 N–H and O–H groups in total. The molecule has 1 atom stereocenters. The minimum absolute atomic E-state index is 0.0561. The van der Waals surface area contributed by atoms with Gasteiger partial charge in [0.1, 0.15) is 6.04 Å². The van der Waals surface area contributed by atoms with Crippen molar-refractivity contribution in [1.29, 1.82) is 0 Å². The lowest BCUT2D eigenvalue weighted by atomic mass is 10.1. The number of aryl methyl sites for hydroxylation is 1. The van der Waals surface area contributed by atoms with Gasteiger partial charge in [0, 0.05) is 5.56 Å². The maximum atomic E-state index is 12.5. The molecule has 28 heavy (non-hydrogen) atoms. The number of benzene rings is 2. The van der Waals surface area contributed by atoms with Crippen molar-refractivity contribution in [3.8, 4) is 0 Å². The van der Waals surface area contributed by atoms with E-state index in [1.807, 2.05) is 19.1 Å². The van der Waals surface area contributed by atoms with Gasteiger partial charge in [0.25, 0.3) is 0 Å². The van der Waals surface area contributed by atoms with E-state index in [-0.39, 0.29) is 16.6 Å². The third-order valence-electron chi connectivity index (χ3n) is 4.29. The van der Waals surface area contributed by atoms with Crippen molar-refractivity contribution >= 4 is 21.8 Å². The second-order valence-electron chi connectivity index (χ2n) is 6.74. The fourth-order valence-electron chi connectivity index (χ4n) is 2.53. The second-order valence-corrected chi connectivity index (χ2v) is 8.45. The fraction of sp³-hybridized carbons (Fsp3) is 0.333. The highest BCUT2D eigenvalue weighted by molar-refractivity contribution is 7.89. The average Bonchev–Trinajstić information content (AvgIpc) is 2.70. The van der Waals surface area contributed by atoms with Gasteiger partial charge in [-0.05, 0) is 30.0 Å². The molecule has 2 aromatic rings. The van der Waals surface area contributed by atoms with Gasteiger partial charge in [-0.3, -0.25) is 9.59 Å². The predicted octanol–water partition coefficient (Wildman–Crippen LogP) is 2.98. The molecule has 0 saturated carbocycles. The van der Waals surface area contributed by atoms with Crippen LogP contribution in [0.3, 0.4) is 0 Å². The molecular weight excluding hydrogens is 378 g/mol. The molecule has 0 aliphatic rings. The summed E-state index contributed by atoms with van der Waals surface area (Å²) in [5.74, 6) is -1.48. The zero-order valence-corrected chi connectivity index (χ0v) is 17.0. The van der Waals surface area contributed by atoms with Gasteiger partial charge < -0.3 is 4.74 Å². The Kier molecular flexibility index (Phi) is 7.48. The van der Waals surface area contributed by atoms with Crippen LogP contribution in [0.4, 0.5) is 0 Å². The standard InChI is InChI=1S/C21H25NO5S/c1-4-16-10-12-17(13-11-16)19(23)14-27-21(24)20(15(2)3)22-28(25,26)18-8-6-5-7-9-18/h5-13,15,20,22H,4,14H2,1-3H3. The number of sulfonamides is 1. The smallest absolute Gasteiger partial charge is 0.324 e. The lowest BCUT2D eigenvalue weighted by Crippen LogP contribution is -2.45. The molecule has 0 heterocycles. The first-order chi connectivity index (χ1) is 13.2. The van der Waals surface area contributed by atoms with Crippen LogP contribution in [0.25, 0.3) is 0 Å². The van der Waals surface area contributed by atoms with Crippen LogP contribution in [0.5, 0.6) is 0 Å². The van der Waals surface area contributed by atoms with Crippen molar-refractivity contribution < 1.29 is 22.7 Å². The molecule has 0 spiro atoms. The van der Waals surface area contributed by atoms with Crippen LogP contribution in [0.2, 0.25) is 0 Å². The van der Waals surface area contributed by atoms with Gasteiger partial charge in [-0.1, -0.05) is 63.2 Å². The number of hydrogen-bond donors (Lipinski definition) is 1. The number of ether oxygens (including phenoxy) is 1. The Morgan fingerprint density at radius 1 is 1.00 bits per heavy atom. The van der Waals surface area contributed by atoms with Gasteiger partial charge in [0.05, 0.1) is 4.90 Å². The molecular formula is C21H25NO5S. The second kappa shape index (κ2) is 9.61. The van der Waals surface area contributed by atoms with Gasteiger partial charge in [-0.15, -0.1) is 0 Å². The Labute approximate surface area is 166 Å². The van der Waals surface area contributed by atoms with Crippen LogP contribution < -0.4 is 4.72 Å². The first-order valence-electron chi connectivity index (χ1n) is 9.10. The molecule has 1 unspecified atom stereocenters. The Morgan fingerprint density at radius 2 is 1.61 bits per heavy atom. The summed E-state index contributed by atoms with van der Waals surface area (Å²) in [5, 5.41) is 0. The molecule has 2 rings (SSSR count). The topological polar surface area (TPSA) is 89.5 Å². The molecule has 0 fully saturated rings. The van der Waals surface area contributed by atoms with E-state index in [0.717, 1.165) is 12.0 Å². The molecule has 7 heteroatoms. The largest absolute Gasteiger partial charge is 0.456 e. The summed E-state index contributed by atoms with van der Waals surface area (Å²) in [6, 6.07) is 13.7. The minimum Gasteiger partial charge on any atom is -0.456 e. The predicted molar refractivity (Wildman–Crippen MR) is 106 cm³/mol. The number of Topliss-reactive ketones (excluding diaryl/α,β-unsaturated/α-hetero) is 1. The first-order valence-corrected chi connectivity index (χ1v) is 10.6. The van der Waals surface area contributed by atoms with Crippen LogP contribution in [0, 0.1) is 5.92 Å². The van der Waals surface area contributed by atoms with Crippen LogP contribution in [0.1, 0.15) is 36.7 Å². The fourth-order valence-corrected chi connectivity index (χ4v) is 3.88. The van der Waals surface area contributed by atoms with Crippen molar-refractivity contribution in [1.82, 2.24) is 4.72 Å². The molecule has 0 aliphatic carbocycles. The molecule has 0 saturated heterocycles. The van der Waals surface area contributed by atoms with E-state index in [9.17, 15) is 18.0 Å². The summed E-state index contributed by atoms with van der Waals surface area (Å²) in [6.45, 7) is 4.97. The van der Waals surface area contributed by atoms with Gasteiger partial charge >= 0.3 is 5.97 Å². The van der Waals surface area contributed by atoms with Crippen molar-refractivity contribution in [2.75, 3.05) is 6.61 Å². The van der Waals surface area contributed by atoms with Crippen molar-refractivity contribution in [2.24, 2.45) is 5.92 Å². The summed E-state index contributed by atoms with van der Waals surface area (Å²) >= 11 is 0. The maximum absolute atomic E-state index is 12.5. The third-order valence-corrected chi connectivity index (χ3v) is 5.74. The molecule has 6 nitrogen and oxygen atoms in total. The Bertz CT molecular complexity index is 906. The maximum Gasteiger partial charge on any atom is 0.324 e. The summed E-state index contributed by atoms with van der Waals surface area (Å²) in [5.41, 5.74) is 1.54. The van der Waals surface area contributed by atoms with Gasteiger partial charge in [-0.2, -0.15) is 4.72 Å². The van der Waals surface area contributed by atoms with Gasteiger partial charge in [0.15, 0.2) is 12.4 Å². The number of ketones is 1. The highest BCUT2D eigenvalue weighted by Gasteiger charge is 2.30. The average molecular weight is 404 g/mol. The summed E-state index contributed by atoms with van der Waals surface area (Å²) in [4.78, 5) is 24.7. The Balaban J connectivity index is 2.03. The molecule has 0 radical (unpaired) electrons. The summed E-state index contributed by atoms with van der Waals surface area (Å²) in [7, 11) is -3.88. The molecule has 0 aliphatic heterocycles. The van der Waals surface area contributed by atoms with Crippen molar-refractivity contribution in [3.05, 3.63) is 65.7 Å². The van der Waals surface area contributed by atoms with Gasteiger partial charge in [-0.25, -0.2) is 8.42 Å². The van der Waals surface area contributed by atoms with Crippen molar-refractivity contribution in [3.63, 3.8) is 0 Å². The molecule has 0 bridgehead atoms. The lowest BCUT2D eigenvalue weighted by Gasteiger charge is -2.20. The number of carbonyl (C=O) groups excluding carboxylic acids is 2. The summed E-state index contributed by atoms with van der Waals surface area (Å²) in [6.07, 6.45) is 0.862. The molecule has 0 aromatic heterocycles. The first kappa shape index (κ1) is 21.8. The number of carbonyl (C=O) groups is 2. The number of hydrogen-bond acceptors (Lipinski definition) is 5. The SMILES string of the molecule is CCc1ccc(C(=O)COC(=O)C(NS(=O)(=O)c2ccccc2)C(C)C)cc1. The molecule has 150 valence electrons. The van der Waals surface area contributed by atoms with Crippen LogP contribution in [-0.2, 0) is 26.0 Å². The van der Waals surface area contributed by atoms with E-state index in [1.54, 1.807) is 44.2 Å². The van der Waals surface area contributed by atoms with E-state index in [4.69, 9.17) is 4.74 Å². The monoisotopic (exact) mass is 403 g/mol. The van der Waals surface area contributed by atoms with Crippen molar-refractivity contribution in [2.45, 2.75) is 38.1 Å². The van der Waals surface area contributed by atoms with Crippen LogP contribution in [-0.4, -0.2) is 32.8 Å². The third kappa shape index (κ3) is 5.74. The normalized spacial score (nSPS) is 12.6. The zero-order valence-electron chi connectivity index (χ0n) is 16.2.